The van der Waals surface area contributed by atoms with Gasteiger partial charge in [0.05, 0.1) is 12.1 Å². The van der Waals surface area contributed by atoms with Crippen molar-refractivity contribution in [1.82, 2.24) is 10.3 Å². The maximum atomic E-state index is 12.4. The van der Waals surface area contributed by atoms with Crippen molar-refractivity contribution in [1.29, 1.82) is 0 Å². The summed E-state index contributed by atoms with van der Waals surface area (Å²) in [5, 5.41) is 4.69. The van der Waals surface area contributed by atoms with Gasteiger partial charge in [-0.2, -0.15) is 0 Å². The molecule has 2 aromatic carbocycles. The van der Waals surface area contributed by atoms with E-state index in [9.17, 15) is 4.79 Å². The van der Waals surface area contributed by atoms with E-state index in [2.05, 4.69) is 26.2 Å². The van der Waals surface area contributed by atoms with E-state index in [4.69, 9.17) is 4.74 Å². The number of carbonyl (C=O) groups is 1. The zero-order valence-corrected chi connectivity index (χ0v) is 16.6. The lowest BCUT2D eigenvalue weighted by atomic mass is 10.1. The average Bonchev–Trinajstić information content (AvgIpc) is 3.13. The zero-order valence-electron chi connectivity index (χ0n) is 14.2. The minimum atomic E-state index is -0.108. The van der Waals surface area contributed by atoms with Gasteiger partial charge in [0.2, 0.25) is 0 Å². The Balaban J connectivity index is 1.39. The number of hydrogen-bond donors (Lipinski definition) is 1. The number of pyridine rings is 1. The van der Waals surface area contributed by atoms with Crippen molar-refractivity contribution >= 4 is 44.1 Å². The summed E-state index contributed by atoms with van der Waals surface area (Å²) >= 11 is 4.94. The highest BCUT2D eigenvalue weighted by molar-refractivity contribution is 9.10. The van der Waals surface area contributed by atoms with Gasteiger partial charge >= 0.3 is 0 Å². The molecule has 0 aliphatic heterocycles. The molecule has 6 heteroatoms. The van der Waals surface area contributed by atoms with Crippen LogP contribution in [0, 0.1) is 0 Å². The molecule has 1 N–H and O–H groups in total. The smallest absolute Gasteiger partial charge is 0.251 e. The van der Waals surface area contributed by atoms with Gasteiger partial charge in [0.15, 0.2) is 5.06 Å². The second kappa shape index (κ2) is 7.90. The van der Waals surface area contributed by atoms with E-state index in [1.54, 1.807) is 12.3 Å². The molecule has 4 aromatic rings. The maximum Gasteiger partial charge on any atom is 0.251 e. The van der Waals surface area contributed by atoms with E-state index in [0.717, 1.165) is 31.1 Å². The fourth-order valence-corrected chi connectivity index (χ4v) is 3.83. The van der Waals surface area contributed by atoms with Gasteiger partial charge in [-0.15, -0.1) is 11.3 Å². The Labute approximate surface area is 169 Å². The number of ether oxygens (including phenoxy) is 1. The highest BCUT2D eigenvalue weighted by atomic mass is 79.9. The molecule has 134 valence electrons. The first kappa shape index (κ1) is 17.7. The van der Waals surface area contributed by atoms with Crippen LogP contribution < -0.4 is 10.1 Å². The van der Waals surface area contributed by atoms with E-state index in [-0.39, 0.29) is 5.91 Å². The summed E-state index contributed by atoms with van der Waals surface area (Å²) in [6.45, 7) is 0.455. The van der Waals surface area contributed by atoms with Gasteiger partial charge in [-0.1, -0.05) is 28.1 Å². The van der Waals surface area contributed by atoms with Crippen molar-refractivity contribution < 1.29 is 9.53 Å². The third-order valence-corrected chi connectivity index (χ3v) is 5.40. The minimum Gasteiger partial charge on any atom is -0.447 e. The third-order valence-electron chi connectivity index (χ3n) is 3.94. The lowest BCUT2D eigenvalue weighted by Gasteiger charge is -2.05. The number of nitrogens with one attached hydrogen (secondary N) is 1. The summed E-state index contributed by atoms with van der Waals surface area (Å²) in [6.07, 6.45) is 1.74. The van der Waals surface area contributed by atoms with Crippen LogP contribution in [0.1, 0.15) is 15.2 Å². The van der Waals surface area contributed by atoms with Crippen LogP contribution in [0.2, 0.25) is 0 Å². The average molecular weight is 439 g/mol. The van der Waals surface area contributed by atoms with Crippen LogP contribution >= 0.6 is 27.3 Å². The minimum absolute atomic E-state index is 0.108. The summed E-state index contributed by atoms with van der Waals surface area (Å²) in [6, 6.07) is 20.9. The molecular weight excluding hydrogens is 424 g/mol. The van der Waals surface area contributed by atoms with Gasteiger partial charge in [-0.3, -0.25) is 9.78 Å². The number of rotatable bonds is 5. The SMILES string of the molecule is O=C(NCc1ccc(Oc2cccc(Br)c2)s1)c1ccc2ncccc2c1. The van der Waals surface area contributed by atoms with Crippen molar-refractivity contribution in [3.05, 3.63) is 87.8 Å². The summed E-state index contributed by atoms with van der Waals surface area (Å²) < 4.78 is 6.82. The van der Waals surface area contributed by atoms with Crippen LogP contribution in [0.3, 0.4) is 0 Å². The van der Waals surface area contributed by atoms with E-state index < -0.39 is 0 Å². The molecule has 1 amide bonds. The van der Waals surface area contributed by atoms with E-state index in [1.165, 1.54) is 11.3 Å². The Hall–Kier alpha value is -2.70. The number of halogens is 1. The van der Waals surface area contributed by atoms with E-state index in [0.29, 0.717) is 12.1 Å². The first-order valence-corrected chi connectivity index (χ1v) is 9.93. The predicted octanol–water partition coefficient (Wildman–Crippen LogP) is 5.78. The maximum absolute atomic E-state index is 12.4. The van der Waals surface area contributed by atoms with Crippen LogP contribution in [-0.4, -0.2) is 10.9 Å². The largest absolute Gasteiger partial charge is 0.447 e. The molecule has 0 saturated carbocycles. The van der Waals surface area contributed by atoms with Gasteiger partial charge in [-0.05, 0) is 54.6 Å². The van der Waals surface area contributed by atoms with E-state index >= 15 is 0 Å². The van der Waals surface area contributed by atoms with Gasteiger partial charge in [0.1, 0.15) is 5.75 Å². The van der Waals surface area contributed by atoms with E-state index in [1.807, 2.05) is 60.7 Å². The van der Waals surface area contributed by atoms with Crippen molar-refractivity contribution in [2.45, 2.75) is 6.54 Å². The van der Waals surface area contributed by atoms with Crippen molar-refractivity contribution in [3.8, 4) is 10.8 Å². The second-order valence-corrected chi connectivity index (χ2v) is 7.92. The molecule has 0 atom stereocenters. The first-order chi connectivity index (χ1) is 13.2. The number of benzene rings is 2. The highest BCUT2D eigenvalue weighted by Crippen LogP contribution is 2.30. The number of nitrogens with zero attached hydrogens (tertiary/aromatic N) is 1. The van der Waals surface area contributed by atoms with Crippen LogP contribution in [0.15, 0.2) is 77.4 Å². The predicted molar refractivity (Wildman–Crippen MR) is 111 cm³/mol. The Morgan fingerprint density at radius 1 is 1.07 bits per heavy atom. The summed E-state index contributed by atoms with van der Waals surface area (Å²) in [7, 11) is 0. The Morgan fingerprint density at radius 2 is 2.00 bits per heavy atom. The highest BCUT2D eigenvalue weighted by Gasteiger charge is 2.08. The molecule has 0 spiro atoms. The fourth-order valence-electron chi connectivity index (χ4n) is 2.64. The Morgan fingerprint density at radius 3 is 2.89 bits per heavy atom. The zero-order chi connectivity index (χ0) is 18.6. The number of hydrogen-bond acceptors (Lipinski definition) is 4. The number of amides is 1. The molecule has 2 heterocycles. The lowest BCUT2D eigenvalue weighted by molar-refractivity contribution is 0.0951. The number of carbonyl (C=O) groups excluding carboxylic acids is 1. The third kappa shape index (κ3) is 4.35. The number of fused-ring (bicyclic) bond motifs is 1. The van der Waals surface area contributed by atoms with Gasteiger partial charge in [-0.25, -0.2) is 0 Å². The molecule has 0 radical (unpaired) electrons. The molecule has 4 nitrogen and oxygen atoms in total. The van der Waals surface area contributed by atoms with Gasteiger partial charge < -0.3 is 10.1 Å². The monoisotopic (exact) mass is 438 g/mol. The van der Waals surface area contributed by atoms with Crippen molar-refractivity contribution in [2.24, 2.45) is 0 Å². The normalized spacial score (nSPS) is 10.7. The second-order valence-electron chi connectivity index (χ2n) is 5.87. The van der Waals surface area contributed by atoms with Crippen LogP contribution in [0.25, 0.3) is 10.9 Å². The summed E-state index contributed by atoms with van der Waals surface area (Å²) in [5.41, 5.74) is 1.50. The Kier molecular flexibility index (Phi) is 5.18. The number of thiophene rings is 1. The molecular formula is C21H15BrN2O2S. The molecule has 2 aromatic heterocycles. The first-order valence-electron chi connectivity index (χ1n) is 8.32. The molecule has 0 saturated heterocycles. The summed E-state index contributed by atoms with van der Waals surface area (Å²) in [4.78, 5) is 17.7. The standard InChI is InChI=1S/C21H15BrN2O2S/c22-16-4-1-5-17(12-16)26-20-9-7-18(27-20)13-24-21(25)15-6-8-19-14(11-15)3-2-10-23-19/h1-12H,13H2,(H,24,25). The van der Waals surface area contributed by atoms with Crippen LogP contribution in [0.4, 0.5) is 0 Å². The molecule has 0 aliphatic carbocycles. The molecule has 0 unspecified atom stereocenters. The van der Waals surface area contributed by atoms with Crippen molar-refractivity contribution in [2.75, 3.05) is 0 Å². The topological polar surface area (TPSA) is 51.2 Å². The fraction of sp³-hybridized carbons (Fsp3) is 0.0476. The molecule has 0 fully saturated rings. The molecule has 0 bridgehead atoms. The Bertz CT molecular complexity index is 1110. The van der Waals surface area contributed by atoms with Crippen molar-refractivity contribution in [3.63, 3.8) is 0 Å². The molecule has 4 rings (SSSR count). The molecule has 0 aliphatic rings. The van der Waals surface area contributed by atoms with Crippen LogP contribution in [-0.2, 0) is 6.54 Å². The van der Waals surface area contributed by atoms with Gasteiger partial charge in [0, 0.05) is 26.5 Å². The van der Waals surface area contributed by atoms with Crippen LogP contribution in [0.5, 0.6) is 10.8 Å². The van der Waals surface area contributed by atoms with Gasteiger partial charge in [0.25, 0.3) is 5.91 Å². The quantitative estimate of drug-likeness (QED) is 0.429. The summed E-state index contributed by atoms with van der Waals surface area (Å²) in [5.74, 6) is 0.662. The molecule has 27 heavy (non-hydrogen) atoms. The lowest BCUT2D eigenvalue weighted by Crippen LogP contribution is -2.22. The number of aromatic nitrogens is 1.